The first-order valence-corrected chi connectivity index (χ1v) is 13.4. The monoisotopic (exact) mass is 401 g/mol. The van der Waals surface area contributed by atoms with E-state index >= 15 is 0 Å². The third-order valence-electron chi connectivity index (χ3n) is 4.60. The van der Waals surface area contributed by atoms with Crippen molar-refractivity contribution in [1.29, 1.82) is 0 Å². The molecule has 0 spiro atoms. The molecule has 0 bridgehead atoms. The number of aryl methyl sites for hydroxylation is 1. The standard InChI is InChI=1S/C21H27NO3SSi/c1-17-11-13-19(14-12-17)26(24,25)22-21(2,3)18(15-23)16-27(4,5)20-9-7-6-8-10-20/h6-16,22H,1-5H3/b18-16+. The lowest BCUT2D eigenvalue weighted by Crippen LogP contribution is -2.48. The van der Waals surface area contributed by atoms with Crippen molar-refractivity contribution in [2.75, 3.05) is 0 Å². The third kappa shape index (κ3) is 5.25. The molecule has 0 aliphatic rings. The van der Waals surface area contributed by atoms with Crippen LogP contribution in [0.15, 0.2) is 70.8 Å². The molecule has 0 fully saturated rings. The summed E-state index contributed by atoms with van der Waals surface area (Å²) in [6, 6.07) is 16.7. The number of hydrogen-bond donors (Lipinski definition) is 1. The topological polar surface area (TPSA) is 63.2 Å². The van der Waals surface area contributed by atoms with Gasteiger partial charge in [-0.2, -0.15) is 0 Å². The molecule has 0 unspecified atom stereocenters. The zero-order valence-electron chi connectivity index (χ0n) is 16.5. The van der Waals surface area contributed by atoms with E-state index in [4.69, 9.17) is 0 Å². The van der Waals surface area contributed by atoms with Gasteiger partial charge in [0.25, 0.3) is 0 Å². The Morgan fingerprint density at radius 2 is 1.56 bits per heavy atom. The van der Waals surface area contributed by atoms with Crippen LogP contribution in [0.5, 0.6) is 0 Å². The molecule has 0 radical (unpaired) electrons. The summed E-state index contributed by atoms with van der Waals surface area (Å²) in [5.74, 6) is 0. The van der Waals surface area contributed by atoms with E-state index in [-0.39, 0.29) is 4.90 Å². The van der Waals surface area contributed by atoms with Crippen molar-refractivity contribution < 1.29 is 13.2 Å². The number of hydrogen-bond acceptors (Lipinski definition) is 3. The van der Waals surface area contributed by atoms with Gasteiger partial charge < -0.3 is 0 Å². The van der Waals surface area contributed by atoms with Crippen molar-refractivity contribution in [2.24, 2.45) is 0 Å². The second kappa shape index (κ2) is 7.92. The molecular formula is C21H27NO3SSi. The Morgan fingerprint density at radius 3 is 2.07 bits per heavy atom. The van der Waals surface area contributed by atoms with Crippen molar-refractivity contribution in [3.8, 4) is 0 Å². The zero-order chi connectivity index (χ0) is 20.3. The van der Waals surface area contributed by atoms with Gasteiger partial charge in [0, 0.05) is 5.57 Å². The lowest BCUT2D eigenvalue weighted by molar-refractivity contribution is -0.105. The highest BCUT2D eigenvalue weighted by atomic mass is 32.2. The Bertz CT molecular complexity index is 931. The number of aldehydes is 1. The first-order valence-electron chi connectivity index (χ1n) is 8.83. The first kappa shape index (κ1) is 21.3. The minimum absolute atomic E-state index is 0.186. The van der Waals surface area contributed by atoms with Gasteiger partial charge in [-0.3, -0.25) is 4.79 Å². The van der Waals surface area contributed by atoms with Crippen LogP contribution in [0.4, 0.5) is 0 Å². The quantitative estimate of drug-likeness (QED) is 0.440. The normalized spacial score (nSPS) is 13.4. The van der Waals surface area contributed by atoms with E-state index in [2.05, 4.69) is 29.9 Å². The van der Waals surface area contributed by atoms with Gasteiger partial charge in [-0.15, -0.1) is 0 Å². The van der Waals surface area contributed by atoms with Crippen LogP contribution < -0.4 is 9.91 Å². The average Bonchev–Trinajstić information content (AvgIpc) is 2.60. The van der Waals surface area contributed by atoms with E-state index in [1.54, 1.807) is 38.1 Å². The maximum absolute atomic E-state index is 12.8. The Kier molecular flexibility index (Phi) is 6.24. The molecule has 27 heavy (non-hydrogen) atoms. The van der Waals surface area contributed by atoms with Crippen molar-refractivity contribution in [1.82, 2.24) is 4.72 Å². The molecule has 6 heteroatoms. The number of sulfonamides is 1. The van der Waals surface area contributed by atoms with Gasteiger partial charge in [0.05, 0.1) is 10.4 Å². The van der Waals surface area contributed by atoms with E-state index in [9.17, 15) is 13.2 Å². The third-order valence-corrected chi connectivity index (χ3v) is 9.13. The molecule has 0 saturated heterocycles. The van der Waals surface area contributed by atoms with Crippen molar-refractivity contribution in [3.05, 3.63) is 71.4 Å². The molecule has 0 atom stereocenters. The molecule has 4 nitrogen and oxygen atoms in total. The molecular weight excluding hydrogens is 374 g/mol. The molecule has 2 aromatic carbocycles. The highest BCUT2D eigenvalue weighted by molar-refractivity contribution is 7.89. The fourth-order valence-corrected chi connectivity index (χ4v) is 6.70. The average molecular weight is 402 g/mol. The van der Waals surface area contributed by atoms with Crippen LogP contribution in [0.2, 0.25) is 13.1 Å². The van der Waals surface area contributed by atoms with Crippen molar-refractivity contribution >= 4 is 29.6 Å². The Balaban J connectivity index is 2.37. The summed E-state index contributed by atoms with van der Waals surface area (Å²) < 4.78 is 28.2. The number of benzene rings is 2. The highest BCUT2D eigenvalue weighted by Crippen LogP contribution is 2.21. The summed E-state index contributed by atoms with van der Waals surface area (Å²) in [6.45, 7) is 9.60. The molecule has 1 N–H and O–H groups in total. The van der Waals surface area contributed by atoms with Crippen LogP contribution in [0.25, 0.3) is 0 Å². The summed E-state index contributed by atoms with van der Waals surface area (Å²) in [4.78, 5) is 12.0. The van der Waals surface area contributed by atoms with Crippen LogP contribution in [-0.2, 0) is 14.8 Å². The summed E-state index contributed by atoms with van der Waals surface area (Å²) in [5.41, 5.74) is 2.37. The second-order valence-corrected chi connectivity index (χ2v) is 13.8. The predicted octanol–water partition coefficient (Wildman–Crippen LogP) is 3.33. The van der Waals surface area contributed by atoms with Gasteiger partial charge in [-0.05, 0) is 32.9 Å². The lowest BCUT2D eigenvalue weighted by atomic mass is 9.98. The van der Waals surface area contributed by atoms with E-state index in [1.165, 1.54) is 5.19 Å². The van der Waals surface area contributed by atoms with Crippen molar-refractivity contribution in [3.63, 3.8) is 0 Å². The Hall–Kier alpha value is -2.02. The number of carbonyl (C=O) groups is 1. The maximum atomic E-state index is 12.8. The van der Waals surface area contributed by atoms with Crippen LogP contribution in [-0.4, -0.2) is 28.3 Å². The molecule has 0 aliphatic heterocycles. The van der Waals surface area contributed by atoms with Gasteiger partial charge in [0.15, 0.2) is 0 Å². The molecule has 0 saturated carbocycles. The lowest BCUT2D eigenvalue weighted by Gasteiger charge is -2.29. The minimum atomic E-state index is -3.74. The molecule has 0 amide bonds. The zero-order valence-corrected chi connectivity index (χ0v) is 18.3. The summed E-state index contributed by atoms with van der Waals surface area (Å²) in [7, 11) is -5.81. The van der Waals surface area contributed by atoms with Crippen molar-refractivity contribution in [2.45, 2.75) is 44.3 Å². The van der Waals surface area contributed by atoms with Gasteiger partial charge in [0.2, 0.25) is 10.0 Å². The van der Waals surface area contributed by atoms with Gasteiger partial charge in [0.1, 0.15) is 14.4 Å². The number of nitrogens with one attached hydrogen (secondary N) is 1. The molecule has 0 aliphatic carbocycles. The fourth-order valence-electron chi connectivity index (χ4n) is 2.87. The Morgan fingerprint density at radius 1 is 1.00 bits per heavy atom. The minimum Gasteiger partial charge on any atom is -0.298 e. The van der Waals surface area contributed by atoms with Gasteiger partial charge in [-0.1, -0.05) is 72.0 Å². The SMILES string of the molecule is Cc1ccc(S(=O)(=O)NC(C)(C)/C(C=O)=C/[Si](C)(C)c2ccccc2)cc1. The molecule has 0 aromatic heterocycles. The van der Waals surface area contributed by atoms with Crippen LogP contribution >= 0.6 is 0 Å². The maximum Gasteiger partial charge on any atom is 0.241 e. The van der Waals surface area contributed by atoms with Gasteiger partial charge in [-0.25, -0.2) is 13.1 Å². The number of carbonyl (C=O) groups excluding carboxylic acids is 1. The van der Waals surface area contributed by atoms with Crippen LogP contribution in [0.1, 0.15) is 19.4 Å². The van der Waals surface area contributed by atoms with E-state index in [0.29, 0.717) is 5.57 Å². The van der Waals surface area contributed by atoms with Crippen LogP contribution in [0.3, 0.4) is 0 Å². The van der Waals surface area contributed by atoms with Gasteiger partial charge >= 0.3 is 0 Å². The second-order valence-electron chi connectivity index (χ2n) is 7.85. The van der Waals surface area contributed by atoms with E-state index in [0.717, 1.165) is 11.8 Å². The fraction of sp³-hybridized carbons (Fsp3) is 0.286. The smallest absolute Gasteiger partial charge is 0.241 e. The van der Waals surface area contributed by atoms with E-state index < -0.39 is 23.6 Å². The summed E-state index contributed by atoms with van der Waals surface area (Å²) in [5, 5.41) is 1.18. The van der Waals surface area contributed by atoms with E-state index in [1.807, 2.05) is 30.8 Å². The predicted molar refractivity (Wildman–Crippen MR) is 113 cm³/mol. The molecule has 144 valence electrons. The largest absolute Gasteiger partial charge is 0.298 e. The first-order chi connectivity index (χ1) is 12.5. The van der Waals surface area contributed by atoms with Crippen LogP contribution in [0, 0.1) is 6.92 Å². The number of rotatable bonds is 7. The highest BCUT2D eigenvalue weighted by Gasteiger charge is 2.32. The Labute approximate surface area is 163 Å². The summed E-state index contributed by atoms with van der Waals surface area (Å²) >= 11 is 0. The summed E-state index contributed by atoms with van der Waals surface area (Å²) in [6.07, 6.45) is 0.759. The molecule has 0 heterocycles. The molecule has 2 rings (SSSR count). The molecule has 2 aromatic rings.